The van der Waals surface area contributed by atoms with Gasteiger partial charge in [0.05, 0.1) is 11.3 Å². The molecule has 0 aliphatic carbocycles. The Morgan fingerprint density at radius 2 is 1.86 bits per heavy atom. The number of amidine groups is 1. The van der Waals surface area contributed by atoms with Gasteiger partial charge in [-0.05, 0) is 20.8 Å². The van der Waals surface area contributed by atoms with Crippen LogP contribution in [0.4, 0.5) is 0 Å². The lowest BCUT2D eigenvalue weighted by molar-refractivity contribution is 0.441. The van der Waals surface area contributed by atoms with E-state index in [1.807, 2.05) is 0 Å². The van der Waals surface area contributed by atoms with Gasteiger partial charge >= 0.3 is 0 Å². The monoisotopic (exact) mass is 221 g/mol. The largest absolute Gasteiger partial charge is 0.387 e. The number of nitrogens with two attached hydrogens (primary N) is 1. The summed E-state index contributed by atoms with van der Waals surface area (Å²) in [5, 5.41) is 7.08. The standard InChI is InChI=1S/C8H19N3O2S/c1-5-11(6-7(9)10)14(12,13)8(2,3)4/h5-6H2,1-4H3,(H3,9,10). The summed E-state index contributed by atoms with van der Waals surface area (Å²) in [6.45, 7) is 6.92. The molecular formula is C8H19N3O2S. The van der Waals surface area contributed by atoms with Crippen LogP contribution in [0, 0.1) is 5.41 Å². The SMILES string of the molecule is CCN(CC(=N)N)S(=O)(=O)C(C)(C)C. The minimum absolute atomic E-state index is 0.0316. The van der Waals surface area contributed by atoms with E-state index in [1.54, 1.807) is 27.7 Å². The third-order valence-corrected chi connectivity index (χ3v) is 4.43. The van der Waals surface area contributed by atoms with Crippen molar-refractivity contribution in [2.24, 2.45) is 5.73 Å². The molecular weight excluding hydrogens is 202 g/mol. The van der Waals surface area contributed by atoms with Gasteiger partial charge in [0.2, 0.25) is 10.0 Å². The zero-order chi connectivity index (χ0) is 11.6. The van der Waals surface area contributed by atoms with Crippen LogP contribution in [0.5, 0.6) is 0 Å². The summed E-state index contributed by atoms with van der Waals surface area (Å²) >= 11 is 0. The first-order valence-electron chi connectivity index (χ1n) is 4.45. The Morgan fingerprint density at radius 1 is 1.43 bits per heavy atom. The molecule has 5 nitrogen and oxygen atoms in total. The smallest absolute Gasteiger partial charge is 0.219 e. The van der Waals surface area contributed by atoms with E-state index < -0.39 is 14.8 Å². The van der Waals surface area contributed by atoms with Crippen molar-refractivity contribution < 1.29 is 8.42 Å². The number of likely N-dealkylation sites (N-methyl/N-ethyl adjacent to an activating group) is 1. The molecule has 0 aromatic rings. The van der Waals surface area contributed by atoms with Gasteiger partial charge in [-0.25, -0.2) is 8.42 Å². The van der Waals surface area contributed by atoms with Crippen LogP contribution >= 0.6 is 0 Å². The van der Waals surface area contributed by atoms with Crippen molar-refractivity contribution in [1.82, 2.24) is 4.31 Å². The molecule has 3 N–H and O–H groups in total. The van der Waals surface area contributed by atoms with Gasteiger partial charge in [-0.1, -0.05) is 6.92 Å². The number of nitrogens with one attached hydrogen (secondary N) is 1. The lowest BCUT2D eigenvalue weighted by atomic mass is 10.3. The van der Waals surface area contributed by atoms with Crippen LogP contribution in [-0.4, -0.2) is 36.4 Å². The van der Waals surface area contributed by atoms with E-state index >= 15 is 0 Å². The summed E-state index contributed by atoms with van der Waals surface area (Å²) in [6, 6.07) is 0. The topological polar surface area (TPSA) is 87.2 Å². The number of nitrogens with zero attached hydrogens (tertiary/aromatic N) is 1. The zero-order valence-corrected chi connectivity index (χ0v) is 9.98. The lowest BCUT2D eigenvalue weighted by Crippen LogP contribution is -2.46. The molecule has 84 valence electrons. The predicted octanol–water partition coefficient (Wildman–Crippen LogP) is 0.373. The first kappa shape index (κ1) is 13.4. The Morgan fingerprint density at radius 3 is 2.07 bits per heavy atom. The normalized spacial score (nSPS) is 13.2. The van der Waals surface area contributed by atoms with Gasteiger partial charge in [0, 0.05) is 6.54 Å². The fourth-order valence-corrected chi connectivity index (χ4v) is 2.37. The maximum atomic E-state index is 11.9. The predicted molar refractivity (Wildman–Crippen MR) is 57.8 cm³/mol. The quantitative estimate of drug-likeness (QED) is 0.531. The van der Waals surface area contributed by atoms with Gasteiger partial charge in [0.1, 0.15) is 5.84 Å². The van der Waals surface area contributed by atoms with Crippen LogP contribution in [0.2, 0.25) is 0 Å². The van der Waals surface area contributed by atoms with Gasteiger partial charge < -0.3 is 5.73 Å². The van der Waals surface area contributed by atoms with Crippen LogP contribution < -0.4 is 5.73 Å². The summed E-state index contributed by atoms with van der Waals surface area (Å²) in [5.74, 6) is -0.139. The summed E-state index contributed by atoms with van der Waals surface area (Å²) in [6.07, 6.45) is 0. The Hall–Kier alpha value is -0.620. The van der Waals surface area contributed by atoms with Crippen molar-refractivity contribution in [3.05, 3.63) is 0 Å². The van der Waals surface area contributed by atoms with Gasteiger partial charge in [-0.2, -0.15) is 4.31 Å². The van der Waals surface area contributed by atoms with E-state index in [9.17, 15) is 8.42 Å². The third kappa shape index (κ3) is 2.95. The zero-order valence-electron chi connectivity index (χ0n) is 9.16. The minimum atomic E-state index is -3.37. The Balaban J connectivity index is 4.95. The van der Waals surface area contributed by atoms with Crippen LogP contribution in [0.15, 0.2) is 0 Å². The van der Waals surface area contributed by atoms with Crippen LogP contribution in [0.25, 0.3) is 0 Å². The molecule has 0 aliphatic heterocycles. The molecule has 0 unspecified atom stereocenters. The molecule has 0 aromatic carbocycles. The second kappa shape index (κ2) is 4.27. The van der Waals surface area contributed by atoms with E-state index in [0.717, 1.165) is 0 Å². The summed E-state index contributed by atoms with van der Waals surface area (Å²) in [5.41, 5.74) is 5.19. The number of sulfonamides is 1. The minimum Gasteiger partial charge on any atom is -0.387 e. The van der Waals surface area contributed by atoms with Crippen molar-refractivity contribution in [1.29, 1.82) is 5.41 Å². The van der Waals surface area contributed by atoms with Crippen molar-refractivity contribution in [2.45, 2.75) is 32.4 Å². The number of rotatable bonds is 4. The van der Waals surface area contributed by atoms with Crippen molar-refractivity contribution in [2.75, 3.05) is 13.1 Å². The van der Waals surface area contributed by atoms with Crippen molar-refractivity contribution in [3.63, 3.8) is 0 Å². The third-order valence-electron chi connectivity index (χ3n) is 1.81. The molecule has 0 saturated carbocycles. The van der Waals surface area contributed by atoms with E-state index in [0.29, 0.717) is 6.54 Å². The molecule has 0 fully saturated rings. The van der Waals surface area contributed by atoms with Crippen LogP contribution in [0.1, 0.15) is 27.7 Å². The average Bonchev–Trinajstić information content (AvgIpc) is 1.97. The summed E-state index contributed by atoms with van der Waals surface area (Å²) in [4.78, 5) is 0. The first-order valence-corrected chi connectivity index (χ1v) is 5.89. The Labute approximate surface area is 85.8 Å². The average molecular weight is 221 g/mol. The summed E-state index contributed by atoms with van der Waals surface area (Å²) < 4.78 is 24.2. The van der Waals surface area contributed by atoms with Crippen LogP contribution in [0.3, 0.4) is 0 Å². The molecule has 6 heteroatoms. The number of hydrogen-bond acceptors (Lipinski definition) is 3. The number of hydrogen-bond donors (Lipinski definition) is 2. The highest BCUT2D eigenvalue weighted by atomic mass is 32.2. The van der Waals surface area contributed by atoms with E-state index in [4.69, 9.17) is 11.1 Å². The van der Waals surface area contributed by atoms with Crippen molar-refractivity contribution in [3.8, 4) is 0 Å². The molecule has 0 heterocycles. The second-order valence-electron chi connectivity index (χ2n) is 4.07. The van der Waals surface area contributed by atoms with Gasteiger partial charge in [-0.3, -0.25) is 5.41 Å². The van der Waals surface area contributed by atoms with Gasteiger partial charge in [0.15, 0.2) is 0 Å². The van der Waals surface area contributed by atoms with E-state index in [1.165, 1.54) is 4.31 Å². The fraction of sp³-hybridized carbons (Fsp3) is 0.875. The highest BCUT2D eigenvalue weighted by Crippen LogP contribution is 2.19. The molecule has 0 saturated heterocycles. The Bertz CT molecular complexity index is 303. The molecule has 0 amide bonds. The molecule has 0 bridgehead atoms. The molecule has 0 aromatic heterocycles. The molecule has 0 radical (unpaired) electrons. The molecule has 0 aliphatic rings. The van der Waals surface area contributed by atoms with Gasteiger partial charge in [-0.15, -0.1) is 0 Å². The van der Waals surface area contributed by atoms with Crippen LogP contribution in [-0.2, 0) is 10.0 Å². The van der Waals surface area contributed by atoms with E-state index in [-0.39, 0.29) is 12.4 Å². The second-order valence-corrected chi connectivity index (χ2v) is 6.76. The van der Waals surface area contributed by atoms with Crippen molar-refractivity contribution >= 4 is 15.9 Å². The summed E-state index contributed by atoms with van der Waals surface area (Å²) in [7, 11) is -3.37. The molecule has 0 atom stereocenters. The molecule has 14 heavy (non-hydrogen) atoms. The highest BCUT2D eigenvalue weighted by molar-refractivity contribution is 7.90. The van der Waals surface area contributed by atoms with Gasteiger partial charge in [0.25, 0.3) is 0 Å². The fourth-order valence-electron chi connectivity index (χ4n) is 0.944. The molecule has 0 rings (SSSR count). The molecule has 0 spiro atoms. The van der Waals surface area contributed by atoms with E-state index in [2.05, 4.69) is 0 Å². The maximum absolute atomic E-state index is 11.9. The maximum Gasteiger partial charge on any atom is 0.219 e. The lowest BCUT2D eigenvalue weighted by Gasteiger charge is -2.28. The highest BCUT2D eigenvalue weighted by Gasteiger charge is 2.34. The first-order chi connectivity index (χ1) is 6.13. The Kier molecular flexibility index (Phi) is 4.08.